The minimum Gasteiger partial charge on any atom is -0.299 e. The van der Waals surface area contributed by atoms with Gasteiger partial charge in [-0.15, -0.1) is 0 Å². The topological polar surface area (TPSA) is 30.0 Å². The molecular formula is C15H21NO. The minimum atomic E-state index is 0.336. The first-order valence-electron chi connectivity index (χ1n) is 6.67. The SMILES string of the molecule is CC1CCC(C(=O)CCc2cccnc2)CC1. The van der Waals surface area contributed by atoms with E-state index in [-0.39, 0.29) is 0 Å². The van der Waals surface area contributed by atoms with E-state index in [1.54, 1.807) is 6.20 Å². The molecule has 0 atom stereocenters. The molecule has 2 rings (SSSR count). The zero-order valence-electron chi connectivity index (χ0n) is 10.6. The van der Waals surface area contributed by atoms with Gasteiger partial charge in [-0.3, -0.25) is 9.78 Å². The van der Waals surface area contributed by atoms with Gasteiger partial charge in [-0.2, -0.15) is 0 Å². The van der Waals surface area contributed by atoms with Crippen LogP contribution in [0.2, 0.25) is 0 Å². The second-order valence-corrected chi connectivity index (χ2v) is 5.28. The molecule has 0 radical (unpaired) electrons. The summed E-state index contributed by atoms with van der Waals surface area (Å²) in [5.74, 6) is 1.61. The van der Waals surface area contributed by atoms with Crippen LogP contribution in [0, 0.1) is 11.8 Å². The van der Waals surface area contributed by atoms with Gasteiger partial charge < -0.3 is 0 Å². The lowest BCUT2D eigenvalue weighted by atomic mass is 9.80. The zero-order valence-corrected chi connectivity index (χ0v) is 10.6. The second-order valence-electron chi connectivity index (χ2n) is 5.28. The number of Topliss-reactive ketones (excluding diaryl/α,β-unsaturated/α-hetero) is 1. The van der Waals surface area contributed by atoms with Gasteiger partial charge in [0, 0.05) is 24.7 Å². The number of nitrogens with zero attached hydrogens (tertiary/aromatic N) is 1. The van der Waals surface area contributed by atoms with Crippen LogP contribution in [0.3, 0.4) is 0 Å². The molecule has 0 spiro atoms. The summed E-state index contributed by atoms with van der Waals surface area (Å²) in [6, 6.07) is 3.98. The summed E-state index contributed by atoms with van der Waals surface area (Å²) in [7, 11) is 0. The molecule has 2 heteroatoms. The van der Waals surface area contributed by atoms with Crippen molar-refractivity contribution in [1.82, 2.24) is 4.98 Å². The molecule has 2 nitrogen and oxygen atoms in total. The Morgan fingerprint density at radius 3 is 2.76 bits per heavy atom. The van der Waals surface area contributed by atoms with Crippen molar-refractivity contribution in [2.24, 2.45) is 11.8 Å². The molecular weight excluding hydrogens is 210 g/mol. The lowest BCUT2D eigenvalue weighted by Crippen LogP contribution is -2.21. The van der Waals surface area contributed by atoms with Crippen LogP contribution in [-0.2, 0) is 11.2 Å². The first-order chi connectivity index (χ1) is 8.25. The summed E-state index contributed by atoms with van der Waals surface area (Å²) in [4.78, 5) is 16.1. The Bertz CT molecular complexity index is 352. The third-order valence-electron chi connectivity index (χ3n) is 3.85. The molecule has 0 saturated heterocycles. The molecule has 0 aliphatic heterocycles. The van der Waals surface area contributed by atoms with Gasteiger partial charge in [0.25, 0.3) is 0 Å². The van der Waals surface area contributed by atoms with Gasteiger partial charge >= 0.3 is 0 Å². The third-order valence-corrected chi connectivity index (χ3v) is 3.85. The number of hydrogen-bond donors (Lipinski definition) is 0. The van der Waals surface area contributed by atoms with Gasteiger partial charge in [0.15, 0.2) is 0 Å². The normalized spacial score (nSPS) is 24.5. The average molecular weight is 231 g/mol. The van der Waals surface area contributed by atoms with Crippen molar-refractivity contribution in [2.45, 2.75) is 45.4 Å². The molecule has 1 aliphatic carbocycles. The Balaban J connectivity index is 1.78. The number of carbonyl (C=O) groups excluding carboxylic acids is 1. The van der Waals surface area contributed by atoms with E-state index in [4.69, 9.17) is 0 Å². The van der Waals surface area contributed by atoms with Crippen LogP contribution in [0.5, 0.6) is 0 Å². The van der Waals surface area contributed by atoms with E-state index in [2.05, 4.69) is 11.9 Å². The summed E-state index contributed by atoms with van der Waals surface area (Å²) < 4.78 is 0. The average Bonchev–Trinajstić information content (AvgIpc) is 2.38. The summed E-state index contributed by atoms with van der Waals surface area (Å²) in [5, 5.41) is 0. The van der Waals surface area contributed by atoms with Crippen molar-refractivity contribution < 1.29 is 4.79 Å². The third kappa shape index (κ3) is 3.65. The molecule has 1 aromatic heterocycles. The van der Waals surface area contributed by atoms with E-state index >= 15 is 0 Å². The van der Waals surface area contributed by atoms with Gasteiger partial charge in [-0.05, 0) is 36.8 Å². The zero-order chi connectivity index (χ0) is 12.1. The maximum absolute atomic E-state index is 12.1. The van der Waals surface area contributed by atoms with Crippen LogP contribution in [0.15, 0.2) is 24.5 Å². The number of aromatic nitrogens is 1. The van der Waals surface area contributed by atoms with Crippen LogP contribution in [0.4, 0.5) is 0 Å². The summed E-state index contributed by atoms with van der Waals surface area (Å²) in [5.41, 5.74) is 1.17. The smallest absolute Gasteiger partial charge is 0.136 e. The fraction of sp³-hybridized carbons (Fsp3) is 0.600. The van der Waals surface area contributed by atoms with E-state index in [1.807, 2.05) is 18.3 Å². The number of ketones is 1. The molecule has 92 valence electrons. The van der Waals surface area contributed by atoms with Gasteiger partial charge in [0.1, 0.15) is 5.78 Å². The van der Waals surface area contributed by atoms with Gasteiger partial charge in [-0.1, -0.05) is 25.8 Å². The fourth-order valence-corrected chi connectivity index (χ4v) is 2.60. The maximum Gasteiger partial charge on any atom is 0.136 e. The quantitative estimate of drug-likeness (QED) is 0.794. The van der Waals surface area contributed by atoms with Crippen molar-refractivity contribution in [2.75, 3.05) is 0 Å². The molecule has 0 unspecified atom stereocenters. The molecule has 1 aromatic rings. The second kappa shape index (κ2) is 5.95. The Morgan fingerprint density at radius 1 is 1.35 bits per heavy atom. The van der Waals surface area contributed by atoms with Crippen LogP contribution in [0.1, 0.15) is 44.6 Å². The van der Waals surface area contributed by atoms with Gasteiger partial charge in [0.2, 0.25) is 0 Å². The van der Waals surface area contributed by atoms with Gasteiger partial charge in [-0.25, -0.2) is 0 Å². The van der Waals surface area contributed by atoms with Crippen molar-refractivity contribution in [3.8, 4) is 0 Å². The van der Waals surface area contributed by atoms with Crippen LogP contribution in [0.25, 0.3) is 0 Å². The van der Waals surface area contributed by atoms with E-state index in [9.17, 15) is 4.79 Å². The molecule has 0 N–H and O–H groups in total. The van der Waals surface area contributed by atoms with Gasteiger partial charge in [0.05, 0.1) is 0 Å². The summed E-state index contributed by atoms with van der Waals surface area (Å²) in [6.45, 7) is 2.29. The number of carbonyl (C=O) groups is 1. The van der Waals surface area contributed by atoms with Crippen LogP contribution >= 0.6 is 0 Å². The predicted octanol–water partition coefficient (Wildman–Crippen LogP) is 3.41. The van der Waals surface area contributed by atoms with Crippen LogP contribution < -0.4 is 0 Å². The monoisotopic (exact) mass is 231 g/mol. The van der Waals surface area contributed by atoms with Crippen molar-refractivity contribution in [1.29, 1.82) is 0 Å². The van der Waals surface area contributed by atoms with E-state index < -0.39 is 0 Å². The fourth-order valence-electron chi connectivity index (χ4n) is 2.60. The number of hydrogen-bond acceptors (Lipinski definition) is 2. The molecule has 1 saturated carbocycles. The highest BCUT2D eigenvalue weighted by Crippen LogP contribution is 2.29. The molecule has 1 fully saturated rings. The number of rotatable bonds is 4. The molecule has 17 heavy (non-hydrogen) atoms. The molecule has 0 amide bonds. The number of pyridine rings is 1. The van der Waals surface area contributed by atoms with E-state index in [1.165, 1.54) is 18.4 Å². The van der Waals surface area contributed by atoms with E-state index in [0.29, 0.717) is 18.1 Å². The van der Waals surface area contributed by atoms with Crippen molar-refractivity contribution in [3.05, 3.63) is 30.1 Å². The Morgan fingerprint density at radius 2 is 2.12 bits per heavy atom. The Kier molecular flexibility index (Phi) is 4.29. The van der Waals surface area contributed by atoms with Crippen molar-refractivity contribution >= 4 is 5.78 Å². The summed E-state index contributed by atoms with van der Waals surface area (Å²) >= 11 is 0. The predicted molar refractivity (Wildman–Crippen MR) is 68.7 cm³/mol. The van der Waals surface area contributed by atoms with E-state index in [0.717, 1.165) is 25.2 Å². The standard InChI is InChI=1S/C15H21NO/c1-12-4-7-14(8-5-12)15(17)9-6-13-3-2-10-16-11-13/h2-3,10-12,14H,4-9H2,1H3. The molecule has 0 aromatic carbocycles. The molecule has 0 bridgehead atoms. The first kappa shape index (κ1) is 12.3. The first-order valence-corrected chi connectivity index (χ1v) is 6.67. The minimum absolute atomic E-state index is 0.336. The molecule has 1 aliphatic rings. The Labute approximate surface area is 103 Å². The van der Waals surface area contributed by atoms with Crippen molar-refractivity contribution in [3.63, 3.8) is 0 Å². The highest BCUT2D eigenvalue weighted by molar-refractivity contribution is 5.81. The maximum atomic E-state index is 12.1. The highest BCUT2D eigenvalue weighted by atomic mass is 16.1. The lowest BCUT2D eigenvalue weighted by Gasteiger charge is -2.25. The Hall–Kier alpha value is -1.18. The summed E-state index contributed by atoms with van der Waals surface area (Å²) in [6.07, 6.45) is 9.82. The largest absolute Gasteiger partial charge is 0.299 e. The molecule has 1 heterocycles. The highest BCUT2D eigenvalue weighted by Gasteiger charge is 2.23. The van der Waals surface area contributed by atoms with Crippen LogP contribution in [-0.4, -0.2) is 10.8 Å². The lowest BCUT2D eigenvalue weighted by molar-refractivity contribution is -0.124. The number of aryl methyl sites for hydroxylation is 1.